The van der Waals surface area contributed by atoms with Gasteiger partial charge in [0.05, 0.1) is 0 Å². The fraction of sp³-hybridized carbons (Fsp3) is 0.333. The SMILES string of the molecule is CC1=CC(C)[C-]=C1.[CH3-].[CH3-].[Hf]. The van der Waals surface area contributed by atoms with Crippen LogP contribution in [0.5, 0.6) is 0 Å². The van der Waals surface area contributed by atoms with E-state index in [0.29, 0.717) is 5.92 Å². The largest absolute Gasteiger partial charge is 0.358 e. The third-order valence-electron chi connectivity index (χ3n) is 1.09. The van der Waals surface area contributed by atoms with Crippen LogP contribution in [-0.4, -0.2) is 0 Å². The van der Waals surface area contributed by atoms with Crippen molar-refractivity contribution in [3.8, 4) is 0 Å². The minimum atomic E-state index is 0. The average molecular weight is 302 g/mol. The second kappa shape index (κ2) is 7.46. The Morgan fingerprint density at radius 1 is 1.40 bits per heavy atom. The summed E-state index contributed by atoms with van der Waals surface area (Å²) in [5.74, 6) is 0.556. The van der Waals surface area contributed by atoms with Crippen LogP contribution < -0.4 is 0 Å². The van der Waals surface area contributed by atoms with Crippen molar-refractivity contribution in [3.05, 3.63) is 38.7 Å². The first kappa shape index (κ1) is 16.7. The molecule has 1 atom stereocenters. The van der Waals surface area contributed by atoms with E-state index in [1.54, 1.807) is 0 Å². The summed E-state index contributed by atoms with van der Waals surface area (Å²) in [5, 5.41) is 0. The van der Waals surface area contributed by atoms with Crippen LogP contribution in [0.1, 0.15) is 13.8 Å². The molecule has 0 N–H and O–H groups in total. The maximum Gasteiger partial charge on any atom is 0 e. The minimum Gasteiger partial charge on any atom is -0.358 e. The van der Waals surface area contributed by atoms with Gasteiger partial charge in [0.15, 0.2) is 0 Å². The van der Waals surface area contributed by atoms with E-state index >= 15 is 0 Å². The van der Waals surface area contributed by atoms with Crippen LogP contribution in [-0.2, 0) is 25.8 Å². The molecule has 0 nitrogen and oxygen atoms in total. The van der Waals surface area contributed by atoms with Crippen LogP contribution in [0.25, 0.3) is 0 Å². The first-order chi connectivity index (χ1) is 3.29. The molecular formula is C9H15Hf-3. The minimum absolute atomic E-state index is 0. The molecule has 0 radical (unpaired) electrons. The van der Waals surface area contributed by atoms with E-state index in [0.717, 1.165) is 0 Å². The van der Waals surface area contributed by atoms with Crippen molar-refractivity contribution >= 4 is 0 Å². The molecule has 0 aromatic heterocycles. The number of hydrogen-bond acceptors (Lipinski definition) is 0. The van der Waals surface area contributed by atoms with Gasteiger partial charge in [-0.25, -0.2) is 11.6 Å². The number of rotatable bonds is 0. The summed E-state index contributed by atoms with van der Waals surface area (Å²) < 4.78 is 0. The van der Waals surface area contributed by atoms with E-state index < -0.39 is 0 Å². The molecule has 1 aliphatic carbocycles. The van der Waals surface area contributed by atoms with E-state index in [1.807, 2.05) is 6.08 Å². The van der Waals surface area contributed by atoms with Crippen LogP contribution in [0, 0.1) is 26.8 Å². The number of hydrogen-bond donors (Lipinski definition) is 0. The third kappa shape index (κ3) is 5.16. The van der Waals surface area contributed by atoms with Gasteiger partial charge in [-0.15, -0.1) is 6.92 Å². The molecular weight excluding hydrogens is 287 g/mol. The fourth-order valence-electron chi connectivity index (χ4n) is 0.753. The Labute approximate surface area is 84.2 Å². The fourth-order valence-corrected chi connectivity index (χ4v) is 0.753. The van der Waals surface area contributed by atoms with Crippen molar-refractivity contribution in [2.45, 2.75) is 13.8 Å². The Bertz CT molecular complexity index is 123. The predicted molar refractivity (Wildman–Crippen MR) is 43.6 cm³/mol. The zero-order valence-corrected chi connectivity index (χ0v) is 10.8. The molecule has 58 valence electrons. The Balaban J connectivity index is -0.000000163. The molecule has 1 heteroatoms. The van der Waals surface area contributed by atoms with Gasteiger partial charge in [-0.3, -0.25) is 6.08 Å². The smallest absolute Gasteiger partial charge is 0 e. The van der Waals surface area contributed by atoms with Crippen LogP contribution >= 0.6 is 0 Å². The predicted octanol–water partition coefficient (Wildman–Crippen LogP) is 2.84. The monoisotopic (exact) mass is 303 g/mol. The van der Waals surface area contributed by atoms with Crippen LogP contribution in [0.3, 0.4) is 0 Å². The van der Waals surface area contributed by atoms with Crippen LogP contribution in [0.2, 0.25) is 0 Å². The molecule has 0 heterocycles. The average Bonchev–Trinajstić information content (AvgIpc) is 1.87. The Hall–Kier alpha value is 0.350. The number of allylic oxidation sites excluding steroid dienone is 4. The Kier molecular flexibility index (Phi) is 12.5. The Morgan fingerprint density at radius 2 is 1.90 bits per heavy atom. The van der Waals surface area contributed by atoms with Gasteiger partial charge in [-0.1, -0.05) is 12.8 Å². The van der Waals surface area contributed by atoms with Gasteiger partial charge in [0.1, 0.15) is 0 Å². The van der Waals surface area contributed by atoms with Gasteiger partial charge >= 0.3 is 0 Å². The summed E-state index contributed by atoms with van der Waals surface area (Å²) >= 11 is 0. The zero-order chi connectivity index (χ0) is 5.28. The van der Waals surface area contributed by atoms with Crippen molar-refractivity contribution in [2.24, 2.45) is 5.92 Å². The van der Waals surface area contributed by atoms with Gasteiger partial charge in [0.25, 0.3) is 0 Å². The molecule has 0 aromatic rings. The zero-order valence-electron chi connectivity index (χ0n) is 7.23. The summed E-state index contributed by atoms with van der Waals surface area (Å²) in [6.07, 6.45) is 7.38. The summed E-state index contributed by atoms with van der Waals surface area (Å²) in [5.41, 5.74) is 1.34. The molecule has 0 spiro atoms. The standard InChI is InChI=1S/C7H9.2CH3.Hf/c1-6-3-4-7(2)5-6;;;/h3,5,7H,1-2H3;2*1H3;/q3*-1;. The maximum atomic E-state index is 3.15. The van der Waals surface area contributed by atoms with E-state index in [-0.39, 0.29) is 40.7 Å². The Morgan fingerprint density at radius 3 is 2.00 bits per heavy atom. The summed E-state index contributed by atoms with van der Waals surface area (Å²) in [6.45, 7) is 4.23. The molecule has 0 bridgehead atoms. The van der Waals surface area contributed by atoms with Gasteiger partial charge in [0.2, 0.25) is 0 Å². The van der Waals surface area contributed by atoms with Gasteiger partial charge in [-0.2, -0.15) is 6.08 Å². The van der Waals surface area contributed by atoms with E-state index in [9.17, 15) is 0 Å². The van der Waals surface area contributed by atoms with Crippen molar-refractivity contribution in [3.63, 3.8) is 0 Å². The van der Waals surface area contributed by atoms with E-state index in [4.69, 9.17) is 0 Å². The van der Waals surface area contributed by atoms with Crippen molar-refractivity contribution < 1.29 is 25.8 Å². The molecule has 10 heavy (non-hydrogen) atoms. The molecule has 0 amide bonds. The molecule has 1 rings (SSSR count). The van der Waals surface area contributed by atoms with Crippen molar-refractivity contribution in [1.82, 2.24) is 0 Å². The first-order valence-corrected chi connectivity index (χ1v) is 2.57. The topological polar surface area (TPSA) is 0 Å². The van der Waals surface area contributed by atoms with E-state index in [1.165, 1.54) is 5.57 Å². The molecule has 1 unspecified atom stereocenters. The summed E-state index contributed by atoms with van der Waals surface area (Å²) in [4.78, 5) is 0. The van der Waals surface area contributed by atoms with Crippen LogP contribution in [0.15, 0.2) is 17.7 Å². The van der Waals surface area contributed by atoms with E-state index in [2.05, 4.69) is 26.0 Å². The second-order valence-corrected chi connectivity index (χ2v) is 2.01. The van der Waals surface area contributed by atoms with Crippen molar-refractivity contribution in [1.29, 1.82) is 0 Å². The van der Waals surface area contributed by atoms with Crippen molar-refractivity contribution in [2.75, 3.05) is 0 Å². The van der Waals surface area contributed by atoms with Crippen LogP contribution in [0.4, 0.5) is 0 Å². The quantitative estimate of drug-likeness (QED) is 0.477. The van der Waals surface area contributed by atoms with Gasteiger partial charge in [-0.05, 0) is 0 Å². The molecule has 0 saturated carbocycles. The third-order valence-corrected chi connectivity index (χ3v) is 1.09. The molecule has 0 saturated heterocycles. The molecule has 1 aliphatic rings. The first-order valence-electron chi connectivity index (χ1n) is 2.57. The van der Waals surface area contributed by atoms with Gasteiger partial charge in [0, 0.05) is 25.8 Å². The normalized spacial score (nSPS) is 19.8. The molecule has 0 fully saturated rings. The maximum absolute atomic E-state index is 3.15. The second-order valence-electron chi connectivity index (χ2n) is 2.01. The molecule has 0 aromatic carbocycles. The molecule has 0 aliphatic heterocycles. The summed E-state index contributed by atoms with van der Waals surface area (Å²) in [6, 6.07) is 0. The summed E-state index contributed by atoms with van der Waals surface area (Å²) in [7, 11) is 0. The van der Waals surface area contributed by atoms with Gasteiger partial charge < -0.3 is 14.9 Å².